The molecule has 0 fully saturated rings. The number of unbranched alkanes of at least 4 members (excludes halogenated alkanes) is 3. The second-order valence-corrected chi connectivity index (χ2v) is 5.42. The van der Waals surface area contributed by atoms with Crippen LogP contribution in [0.5, 0.6) is 5.75 Å². The van der Waals surface area contributed by atoms with Gasteiger partial charge < -0.3 is 9.47 Å². The van der Waals surface area contributed by atoms with Gasteiger partial charge in [0.25, 0.3) is 0 Å². The SMILES string of the molecule is CCCCCCOc1c(F)cc(-c2n[nH]nc2C(=O)OCC)cc1F. The van der Waals surface area contributed by atoms with Crippen LogP contribution in [-0.2, 0) is 4.74 Å². The largest absolute Gasteiger partial charge is 0.488 e. The molecule has 136 valence electrons. The number of hydrogen-bond donors (Lipinski definition) is 1. The van der Waals surface area contributed by atoms with Crippen LogP contribution in [0.1, 0.15) is 50.0 Å². The molecule has 1 aromatic carbocycles. The second-order valence-electron chi connectivity index (χ2n) is 5.42. The molecule has 1 heterocycles. The third-order valence-electron chi connectivity index (χ3n) is 3.53. The van der Waals surface area contributed by atoms with Gasteiger partial charge in [0.2, 0.25) is 0 Å². The first-order valence-corrected chi connectivity index (χ1v) is 8.28. The van der Waals surface area contributed by atoms with Crippen molar-refractivity contribution in [3.8, 4) is 17.0 Å². The minimum Gasteiger partial charge on any atom is -0.488 e. The lowest BCUT2D eigenvalue weighted by Gasteiger charge is -2.10. The van der Waals surface area contributed by atoms with Crippen molar-refractivity contribution in [1.82, 2.24) is 15.4 Å². The van der Waals surface area contributed by atoms with E-state index in [1.165, 1.54) is 0 Å². The quantitative estimate of drug-likeness (QED) is 0.547. The molecule has 0 aliphatic carbocycles. The molecule has 0 aliphatic rings. The summed E-state index contributed by atoms with van der Waals surface area (Å²) >= 11 is 0. The molecule has 0 spiro atoms. The van der Waals surface area contributed by atoms with Gasteiger partial charge in [0, 0.05) is 5.56 Å². The number of carbonyl (C=O) groups is 1. The Hall–Kier alpha value is -2.51. The topological polar surface area (TPSA) is 77.1 Å². The zero-order valence-electron chi connectivity index (χ0n) is 14.3. The van der Waals surface area contributed by atoms with Crippen LogP contribution in [0.3, 0.4) is 0 Å². The number of hydrogen-bond acceptors (Lipinski definition) is 5. The van der Waals surface area contributed by atoms with Crippen LogP contribution in [0.4, 0.5) is 8.78 Å². The van der Waals surface area contributed by atoms with Gasteiger partial charge in [-0.3, -0.25) is 0 Å². The Kier molecular flexibility index (Phi) is 6.85. The summed E-state index contributed by atoms with van der Waals surface area (Å²) < 4.78 is 38.5. The van der Waals surface area contributed by atoms with Crippen molar-refractivity contribution in [3.63, 3.8) is 0 Å². The molecular weight excluding hydrogens is 332 g/mol. The van der Waals surface area contributed by atoms with E-state index in [0.29, 0.717) is 0 Å². The molecule has 0 aliphatic heterocycles. The van der Waals surface area contributed by atoms with Crippen molar-refractivity contribution in [2.45, 2.75) is 39.5 Å². The molecule has 0 atom stereocenters. The van der Waals surface area contributed by atoms with Crippen LogP contribution in [0.15, 0.2) is 12.1 Å². The Bertz CT molecular complexity index is 696. The summed E-state index contributed by atoms with van der Waals surface area (Å²) in [4.78, 5) is 11.8. The van der Waals surface area contributed by atoms with Gasteiger partial charge >= 0.3 is 5.97 Å². The summed E-state index contributed by atoms with van der Waals surface area (Å²) in [7, 11) is 0. The van der Waals surface area contributed by atoms with Gasteiger partial charge in [-0.1, -0.05) is 26.2 Å². The van der Waals surface area contributed by atoms with E-state index >= 15 is 0 Å². The van der Waals surface area contributed by atoms with Crippen LogP contribution in [-0.4, -0.2) is 34.6 Å². The summed E-state index contributed by atoms with van der Waals surface area (Å²) in [5.74, 6) is -2.86. The first kappa shape index (κ1) is 18.8. The number of carbonyl (C=O) groups excluding carboxylic acids is 1. The number of halogens is 2. The zero-order chi connectivity index (χ0) is 18.2. The molecule has 0 saturated heterocycles. The van der Waals surface area contributed by atoms with Crippen molar-refractivity contribution in [1.29, 1.82) is 0 Å². The lowest BCUT2D eigenvalue weighted by Crippen LogP contribution is -2.07. The highest BCUT2D eigenvalue weighted by atomic mass is 19.1. The van der Waals surface area contributed by atoms with Gasteiger partial charge in [-0.05, 0) is 25.5 Å². The number of nitrogens with one attached hydrogen (secondary N) is 1. The molecule has 0 amide bonds. The van der Waals surface area contributed by atoms with Crippen molar-refractivity contribution in [2.24, 2.45) is 0 Å². The van der Waals surface area contributed by atoms with E-state index < -0.39 is 23.4 Å². The van der Waals surface area contributed by atoms with Crippen LogP contribution >= 0.6 is 0 Å². The fraction of sp³-hybridized carbons (Fsp3) is 0.471. The predicted molar refractivity (Wildman–Crippen MR) is 87.3 cm³/mol. The molecule has 2 rings (SSSR count). The first-order chi connectivity index (χ1) is 12.1. The minimum absolute atomic E-state index is 0.0192. The number of rotatable bonds is 9. The average Bonchev–Trinajstić information content (AvgIpc) is 3.06. The molecular formula is C17H21F2N3O3. The van der Waals surface area contributed by atoms with Gasteiger partial charge in [0.1, 0.15) is 5.69 Å². The van der Waals surface area contributed by atoms with Gasteiger partial charge in [-0.25, -0.2) is 13.6 Å². The molecule has 25 heavy (non-hydrogen) atoms. The third-order valence-corrected chi connectivity index (χ3v) is 3.53. The summed E-state index contributed by atoms with van der Waals surface area (Å²) in [6.07, 6.45) is 3.79. The van der Waals surface area contributed by atoms with E-state index in [2.05, 4.69) is 22.3 Å². The monoisotopic (exact) mass is 353 g/mol. The molecule has 6 nitrogen and oxygen atoms in total. The molecule has 0 radical (unpaired) electrons. The highest BCUT2D eigenvalue weighted by Gasteiger charge is 2.22. The lowest BCUT2D eigenvalue weighted by atomic mass is 10.1. The number of aromatic nitrogens is 3. The maximum absolute atomic E-state index is 14.2. The van der Waals surface area contributed by atoms with E-state index in [0.717, 1.165) is 37.8 Å². The van der Waals surface area contributed by atoms with Gasteiger partial charge in [0.05, 0.1) is 13.2 Å². The van der Waals surface area contributed by atoms with Crippen LogP contribution in [0, 0.1) is 11.6 Å². The van der Waals surface area contributed by atoms with Crippen LogP contribution in [0.2, 0.25) is 0 Å². The Morgan fingerprint density at radius 1 is 1.12 bits per heavy atom. The van der Waals surface area contributed by atoms with Gasteiger partial charge in [-0.15, -0.1) is 5.10 Å². The maximum Gasteiger partial charge on any atom is 0.361 e. The maximum atomic E-state index is 14.2. The summed E-state index contributed by atoms with van der Waals surface area (Å²) in [5.41, 5.74) is -0.0373. The van der Waals surface area contributed by atoms with Crippen molar-refractivity contribution >= 4 is 5.97 Å². The second kappa shape index (κ2) is 9.10. The average molecular weight is 353 g/mol. The van der Waals surface area contributed by atoms with Crippen LogP contribution < -0.4 is 4.74 Å². The van der Waals surface area contributed by atoms with E-state index in [9.17, 15) is 13.6 Å². The third kappa shape index (κ3) is 4.74. The normalized spacial score (nSPS) is 10.7. The number of nitrogens with zero attached hydrogens (tertiary/aromatic N) is 2. The van der Waals surface area contributed by atoms with Crippen molar-refractivity contribution in [3.05, 3.63) is 29.5 Å². The molecule has 1 aromatic heterocycles. The predicted octanol–water partition coefficient (Wildman–Crippen LogP) is 3.89. The molecule has 0 bridgehead atoms. The van der Waals surface area contributed by atoms with Crippen molar-refractivity contribution < 1.29 is 23.0 Å². The molecule has 1 N–H and O–H groups in total. The summed E-state index contributed by atoms with van der Waals surface area (Å²) in [5, 5.41) is 9.74. The van der Waals surface area contributed by atoms with Gasteiger partial charge in [-0.2, -0.15) is 10.3 Å². The molecule has 0 unspecified atom stereocenters. The summed E-state index contributed by atoms with van der Waals surface area (Å²) in [6, 6.07) is 2.12. The lowest BCUT2D eigenvalue weighted by molar-refractivity contribution is 0.0520. The highest BCUT2D eigenvalue weighted by molar-refractivity contribution is 5.93. The molecule has 8 heteroatoms. The number of H-pyrrole nitrogens is 1. The Morgan fingerprint density at radius 2 is 1.84 bits per heavy atom. The molecule has 2 aromatic rings. The van der Waals surface area contributed by atoms with E-state index in [1.54, 1.807) is 6.92 Å². The van der Waals surface area contributed by atoms with E-state index in [4.69, 9.17) is 9.47 Å². The number of esters is 1. The molecule has 0 saturated carbocycles. The Morgan fingerprint density at radius 3 is 2.48 bits per heavy atom. The number of aromatic amines is 1. The van der Waals surface area contributed by atoms with Crippen molar-refractivity contribution in [2.75, 3.05) is 13.2 Å². The van der Waals surface area contributed by atoms with E-state index in [1.807, 2.05) is 0 Å². The summed E-state index contributed by atoms with van der Waals surface area (Å²) in [6.45, 7) is 4.11. The Labute approximate surface area is 144 Å². The Balaban J connectivity index is 2.17. The highest BCUT2D eigenvalue weighted by Crippen LogP contribution is 2.29. The minimum atomic E-state index is -0.858. The number of benzene rings is 1. The van der Waals surface area contributed by atoms with Crippen LogP contribution in [0.25, 0.3) is 11.3 Å². The first-order valence-electron chi connectivity index (χ1n) is 8.28. The number of ether oxygens (including phenoxy) is 2. The fourth-order valence-electron chi connectivity index (χ4n) is 2.31. The smallest absolute Gasteiger partial charge is 0.361 e. The standard InChI is InChI=1S/C17H21F2N3O3/c1-3-5-6-7-8-25-16-12(18)9-11(10-13(16)19)14-15(21-22-20-14)17(23)24-4-2/h9-10H,3-8H2,1-2H3,(H,20,21,22). The fourth-order valence-corrected chi connectivity index (χ4v) is 2.31. The van der Waals surface area contributed by atoms with Gasteiger partial charge in [0.15, 0.2) is 23.1 Å². The van der Waals surface area contributed by atoms with E-state index in [-0.39, 0.29) is 30.2 Å². The zero-order valence-corrected chi connectivity index (χ0v) is 14.3.